The van der Waals surface area contributed by atoms with Crippen molar-refractivity contribution in [2.45, 2.75) is 5.88 Å². The highest BCUT2D eigenvalue weighted by atomic mass is 35.5. The Balaban J connectivity index is 2.53. The van der Waals surface area contributed by atoms with Gasteiger partial charge in [0, 0.05) is 11.8 Å². The Labute approximate surface area is 121 Å². The topological polar surface area (TPSA) is 44.2 Å². The number of alkyl halides is 1. The van der Waals surface area contributed by atoms with Crippen LogP contribution < -0.4 is 9.47 Å². The van der Waals surface area contributed by atoms with Gasteiger partial charge in [-0.25, -0.2) is 9.97 Å². The molecule has 0 atom stereocenters. The lowest BCUT2D eigenvalue weighted by molar-refractivity contribution is 0.355. The molecule has 1 aromatic carbocycles. The van der Waals surface area contributed by atoms with E-state index in [4.69, 9.17) is 32.7 Å². The third-order valence-corrected chi connectivity index (χ3v) is 3.10. The molecule has 0 aliphatic rings. The maximum Gasteiger partial charge on any atom is 0.179 e. The second kappa shape index (κ2) is 6.08. The maximum absolute atomic E-state index is 6.15. The van der Waals surface area contributed by atoms with Gasteiger partial charge in [0.15, 0.2) is 17.3 Å². The first-order valence-electron chi connectivity index (χ1n) is 5.49. The van der Waals surface area contributed by atoms with E-state index in [1.807, 2.05) is 0 Å². The molecule has 0 saturated heterocycles. The number of methoxy groups -OCH3 is 2. The Morgan fingerprint density at radius 3 is 2.63 bits per heavy atom. The smallest absolute Gasteiger partial charge is 0.179 e. The van der Waals surface area contributed by atoms with E-state index in [9.17, 15) is 0 Å². The molecule has 19 heavy (non-hydrogen) atoms. The number of benzene rings is 1. The highest BCUT2D eigenvalue weighted by Gasteiger charge is 2.13. The van der Waals surface area contributed by atoms with Gasteiger partial charge in [-0.3, -0.25) is 0 Å². The van der Waals surface area contributed by atoms with Gasteiger partial charge in [0.05, 0.1) is 30.8 Å². The van der Waals surface area contributed by atoms with Crippen LogP contribution in [-0.4, -0.2) is 24.2 Å². The molecule has 2 rings (SSSR count). The van der Waals surface area contributed by atoms with Crippen LogP contribution in [0.4, 0.5) is 0 Å². The molecule has 1 aromatic heterocycles. The SMILES string of the molecule is COc1cc(-c2nccc(CCl)n2)cc(Cl)c1OC. The van der Waals surface area contributed by atoms with Gasteiger partial charge >= 0.3 is 0 Å². The summed E-state index contributed by atoms with van der Waals surface area (Å²) >= 11 is 11.9. The van der Waals surface area contributed by atoms with Crippen LogP contribution in [0.5, 0.6) is 11.5 Å². The monoisotopic (exact) mass is 298 g/mol. The van der Waals surface area contributed by atoms with Crippen LogP contribution in [0.25, 0.3) is 11.4 Å². The fourth-order valence-electron chi connectivity index (χ4n) is 1.66. The highest BCUT2D eigenvalue weighted by Crippen LogP contribution is 2.38. The Morgan fingerprint density at radius 1 is 1.21 bits per heavy atom. The van der Waals surface area contributed by atoms with Gasteiger partial charge in [0.25, 0.3) is 0 Å². The summed E-state index contributed by atoms with van der Waals surface area (Å²) < 4.78 is 10.4. The highest BCUT2D eigenvalue weighted by molar-refractivity contribution is 6.32. The van der Waals surface area contributed by atoms with Crippen molar-refractivity contribution in [3.05, 3.63) is 35.1 Å². The van der Waals surface area contributed by atoms with Crippen molar-refractivity contribution in [3.8, 4) is 22.9 Å². The minimum atomic E-state index is 0.330. The molecule has 1 heterocycles. The van der Waals surface area contributed by atoms with Crippen molar-refractivity contribution >= 4 is 23.2 Å². The molecular weight excluding hydrogens is 287 g/mol. The number of rotatable bonds is 4. The van der Waals surface area contributed by atoms with E-state index >= 15 is 0 Å². The van der Waals surface area contributed by atoms with Crippen molar-refractivity contribution in [1.82, 2.24) is 9.97 Å². The van der Waals surface area contributed by atoms with Crippen LogP contribution in [0, 0.1) is 0 Å². The van der Waals surface area contributed by atoms with E-state index in [1.165, 1.54) is 7.11 Å². The van der Waals surface area contributed by atoms with Gasteiger partial charge < -0.3 is 9.47 Å². The molecule has 0 fully saturated rings. The first-order valence-corrected chi connectivity index (χ1v) is 6.40. The summed E-state index contributed by atoms with van der Waals surface area (Å²) in [5, 5.41) is 0.441. The van der Waals surface area contributed by atoms with Gasteiger partial charge in [0.2, 0.25) is 0 Å². The third-order valence-electron chi connectivity index (χ3n) is 2.54. The van der Waals surface area contributed by atoms with Crippen LogP contribution in [0.3, 0.4) is 0 Å². The normalized spacial score (nSPS) is 10.3. The average molecular weight is 299 g/mol. The molecule has 0 aliphatic heterocycles. The molecule has 0 aliphatic carbocycles. The second-order valence-corrected chi connectivity index (χ2v) is 4.37. The molecule has 0 unspecified atom stereocenters. The van der Waals surface area contributed by atoms with Gasteiger partial charge in [-0.2, -0.15) is 0 Å². The molecule has 0 spiro atoms. The van der Waals surface area contributed by atoms with Crippen molar-refractivity contribution in [2.75, 3.05) is 14.2 Å². The standard InChI is InChI=1S/C13H12Cl2N2O2/c1-18-11-6-8(5-10(15)12(11)19-2)13-16-4-3-9(7-14)17-13/h3-6H,7H2,1-2H3. The Hall–Kier alpha value is -1.52. The molecule has 2 aromatic rings. The lowest BCUT2D eigenvalue weighted by Crippen LogP contribution is -1.96. The molecule has 0 bridgehead atoms. The third kappa shape index (κ3) is 2.91. The lowest BCUT2D eigenvalue weighted by atomic mass is 10.2. The first kappa shape index (κ1) is 13.9. The number of ether oxygens (including phenoxy) is 2. The van der Waals surface area contributed by atoms with Crippen LogP contribution in [0.1, 0.15) is 5.69 Å². The van der Waals surface area contributed by atoms with Crippen LogP contribution in [0.15, 0.2) is 24.4 Å². The van der Waals surface area contributed by atoms with Crippen molar-refractivity contribution in [3.63, 3.8) is 0 Å². The minimum absolute atomic E-state index is 0.330. The summed E-state index contributed by atoms with van der Waals surface area (Å²) in [5.41, 5.74) is 1.49. The summed E-state index contributed by atoms with van der Waals surface area (Å²) in [6, 6.07) is 5.27. The fraction of sp³-hybridized carbons (Fsp3) is 0.231. The van der Waals surface area contributed by atoms with Gasteiger partial charge in [-0.05, 0) is 18.2 Å². The number of hydrogen-bond acceptors (Lipinski definition) is 4. The summed E-state index contributed by atoms with van der Waals surface area (Å²) in [6.07, 6.45) is 1.66. The fourth-order valence-corrected chi connectivity index (χ4v) is 2.09. The Kier molecular flexibility index (Phi) is 4.45. The van der Waals surface area contributed by atoms with Crippen LogP contribution in [0.2, 0.25) is 5.02 Å². The molecule has 100 valence electrons. The van der Waals surface area contributed by atoms with Gasteiger partial charge in [-0.1, -0.05) is 11.6 Å². The molecule has 0 N–H and O–H groups in total. The number of nitrogens with zero attached hydrogens (tertiary/aromatic N) is 2. The van der Waals surface area contributed by atoms with E-state index in [0.717, 1.165) is 11.3 Å². The van der Waals surface area contributed by atoms with Crippen LogP contribution >= 0.6 is 23.2 Å². The number of hydrogen-bond donors (Lipinski definition) is 0. The summed E-state index contributed by atoms with van der Waals surface area (Å²) in [7, 11) is 3.09. The zero-order valence-electron chi connectivity index (χ0n) is 10.5. The first-order chi connectivity index (χ1) is 9.19. The number of halogens is 2. The lowest BCUT2D eigenvalue weighted by Gasteiger charge is -2.11. The largest absolute Gasteiger partial charge is 0.493 e. The van der Waals surface area contributed by atoms with Gasteiger partial charge in [0.1, 0.15) is 0 Å². The molecular formula is C13H12Cl2N2O2. The molecule has 6 heteroatoms. The van der Waals surface area contributed by atoms with E-state index in [2.05, 4.69) is 9.97 Å². The second-order valence-electron chi connectivity index (χ2n) is 3.70. The van der Waals surface area contributed by atoms with Crippen molar-refractivity contribution in [2.24, 2.45) is 0 Å². The van der Waals surface area contributed by atoms with Gasteiger partial charge in [-0.15, -0.1) is 11.6 Å². The van der Waals surface area contributed by atoms with Crippen LogP contribution in [-0.2, 0) is 5.88 Å². The maximum atomic E-state index is 6.15. The molecule has 4 nitrogen and oxygen atoms in total. The van der Waals surface area contributed by atoms with Crippen molar-refractivity contribution < 1.29 is 9.47 Å². The minimum Gasteiger partial charge on any atom is -0.493 e. The average Bonchev–Trinajstić information content (AvgIpc) is 2.46. The predicted octanol–water partition coefficient (Wildman–Crippen LogP) is 3.55. The Morgan fingerprint density at radius 2 is 2.00 bits per heavy atom. The number of aromatic nitrogens is 2. The van der Waals surface area contributed by atoms with E-state index in [-0.39, 0.29) is 0 Å². The quantitative estimate of drug-likeness (QED) is 0.810. The predicted molar refractivity (Wildman–Crippen MR) is 75.1 cm³/mol. The molecule has 0 amide bonds. The zero-order valence-corrected chi connectivity index (χ0v) is 12.0. The summed E-state index contributed by atoms with van der Waals surface area (Å²) in [6.45, 7) is 0. The van der Waals surface area contributed by atoms with E-state index < -0.39 is 0 Å². The molecule has 0 saturated carbocycles. The Bertz CT molecular complexity index is 591. The summed E-state index contributed by atoms with van der Waals surface area (Å²) in [4.78, 5) is 8.54. The van der Waals surface area contributed by atoms with Crippen molar-refractivity contribution in [1.29, 1.82) is 0 Å². The van der Waals surface area contributed by atoms with E-state index in [1.54, 1.807) is 31.5 Å². The molecule has 0 radical (unpaired) electrons. The zero-order chi connectivity index (χ0) is 13.8. The summed E-state index contributed by atoms with van der Waals surface area (Å²) in [5.74, 6) is 1.89. The van der Waals surface area contributed by atoms with E-state index in [0.29, 0.717) is 28.2 Å².